The lowest BCUT2D eigenvalue weighted by molar-refractivity contribution is 0.753. The molecule has 300 valence electrons. The van der Waals surface area contributed by atoms with E-state index in [0.717, 1.165) is 0 Å². The molecule has 2 nitrogen and oxygen atoms in total. The van der Waals surface area contributed by atoms with Gasteiger partial charge in [0.2, 0.25) is 6.71 Å². The molecule has 4 aliphatic rings. The first-order valence-corrected chi connectivity index (χ1v) is 24.9. The molecule has 1 spiro atoms. The van der Waals surface area contributed by atoms with Crippen LogP contribution in [0.25, 0.3) is 38.6 Å². The van der Waals surface area contributed by atoms with E-state index in [4.69, 9.17) is 0 Å². The van der Waals surface area contributed by atoms with Gasteiger partial charge in [-0.15, -0.1) is 0 Å². The monoisotopic (exact) mass is 838 g/mol. The molecule has 1 aromatic heterocycles. The van der Waals surface area contributed by atoms with Crippen LogP contribution in [-0.4, -0.2) is 19.4 Å². The number of aromatic nitrogens is 1. The Morgan fingerprint density at radius 2 is 0.877 bits per heavy atom. The summed E-state index contributed by atoms with van der Waals surface area (Å²) in [5.41, 5.74) is 19.0. The summed E-state index contributed by atoms with van der Waals surface area (Å²) in [5, 5.41) is 8.24. The normalized spacial score (nSPS) is 15.0. The van der Waals surface area contributed by atoms with E-state index in [-0.39, 0.29) is 6.71 Å². The predicted molar refractivity (Wildman–Crippen MR) is 275 cm³/mol. The quantitative estimate of drug-likeness (QED) is 0.161. The maximum Gasteiger partial charge on any atom is 0.246 e. The second kappa shape index (κ2) is 12.8. The van der Waals surface area contributed by atoms with Crippen LogP contribution in [0.5, 0.6) is 0 Å². The number of rotatable bonds is 4. The minimum Gasteiger partial charge on any atom is -0.311 e. The fourth-order valence-electron chi connectivity index (χ4n) is 13.2. The van der Waals surface area contributed by atoms with Gasteiger partial charge in [-0.05, 0) is 89.3 Å². The topological polar surface area (TPSA) is 8.17 Å². The number of para-hydroxylation sites is 4. The second-order valence-electron chi connectivity index (χ2n) is 18.2. The molecule has 0 saturated heterocycles. The summed E-state index contributed by atoms with van der Waals surface area (Å²) in [6.45, 7) is -0.0295. The van der Waals surface area contributed by atoms with E-state index in [0.29, 0.717) is 0 Å². The summed E-state index contributed by atoms with van der Waals surface area (Å²) in [7, 11) is -3.00. The van der Waals surface area contributed by atoms with Crippen molar-refractivity contribution in [1.29, 1.82) is 0 Å². The van der Waals surface area contributed by atoms with Gasteiger partial charge in [0.25, 0.3) is 0 Å². The molecule has 3 aliphatic heterocycles. The zero-order valence-electron chi connectivity index (χ0n) is 35.5. The fraction of sp³-hybridized carbons (Fsp3) is 0.0164. The lowest BCUT2D eigenvalue weighted by Crippen LogP contribution is -2.79. The third kappa shape index (κ3) is 4.27. The third-order valence-electron chi connectivity index (χ3n) is 15.5. The van der Waals surface area contributed by atoms with Crippen LogP contribution < -0.4 is 42.0 Å². The SMILES string of the molecule is c1ccc(B2c3cc(-n4c5ccccc5c5ccccc54)cc4c3N3c5c2cccc5[Si](c2ccccc2)(c2ccccc2)c2cccc(c23)C42c3ccccc3-c3ccccc32)cc1. The van der Waals surface area contributed by atoms with Gasteiger partial charge < -0.3 is 9.47 Å². The Bertz CT molecular complexity index is 3660. The molecule has 4 heterocycles. The number of hydrogen-bond donors (Lipinski definition) is 0. The molecule has 65 heavy (non-hydrogen) atoms. The van der Waals surface area contributed by atoms with Gasteiger partial charge in [-0.3, -0.25) is 0 Å². The second-order valence-corrected chi connectivity index (χ2v) is 22.0. The van der Waals surface area contributed by atoms with Crippen LogP contribution in [0.4, 0.5) is 17.1 Å². The third-order valence-corrected chi connectivity index (χ3v) is 20.3. The van der Waals surface area contributed by atoms with E-state index in [1.807, 2.05) is 0 Å². The number of hydrogen-bond acceptors (Lipinski definition) is 1. The van der Waals surface area contributed by atoms with Crippen LogP contribution in [-0.2, 0) is 5.41 Å². The van der Waals surface area contributed by atoms with Crippen molar-refractivity contribution in [3.8, 4) is 16.8 Å². The maximum absolute atomic E-state index is 3.00. The Balaban J connectivity index is 1.20. The molecule has 11 aromatic rings. The summed E-state index contributed by atoms with van der Waals surface area (Å²) in [4.78, 5) is 2.76. The van der Waals surface area contributed by atoms with Crippen molar-refractivity contribution in [3.05, 3.63) is 259 Å². The van der Waals surface area contributed by atoms with Crippen molar-refractivity contribution in [2.24, 2.45) is 0 Å². The van der Waals surface area contributed by atoms with Crippen molar-refractivity contribution in [2.45, 2.75) is 5.41 Å². The largest absolute Gasteiger partial charge is 0.311 e. The maximum atomic E-state index is 2.76. The van der Waals surface area contributed by atoms with E-state index < -0.39 is 13.5 Å². The highest BCUT2D eigenvalue weighted by atomic mass is 28.3. The minimum absolute atomic E-state index is 0.0295. The van der Waals surface area contributed by atoms with Gasteiger partial charge in [0.1, 0.15) is 0 Å². The molecule has 0 fully saturated rings. The summed E-state index contributed by atoms with van der Waals surface area (Å²) < 4.78 is 2.54. The molecule has 0 N–H and O–H groups in total. The highest BCUT2D eigenvalue weighted by Gasteiger charge is 2.60. The molecule has 15 rings (SSSR count). The molecule has 0 unspecified atom stereocenters. The molecule has 4 heteroatoms. The van der Waals surface area contributed by atoms with Gasteiger partial charge in [0.15, 0.2) is 8.07 Å². The van der Waals surface area contributed by atoms with E-state index in [2.05, 4.69) is 246 Å². The zero-order valence-corrected chi connectivity index (χ0v) is 36.5. The van der Waals surface area contributed by atoms with Gasteiger partial charge in [-0.1, -0.05) is 218 Å². The smallest absolute Gasteiger partial charge is 0.246 e. The molecule has 10 aromatic carbocycles. The molecule has 1 aliphatic carbocycles. The summed E-state index contributed by atoms with van der Waals surface area (Å²) >= 11 is 0. The van der Waals surface area contributed by atoms with Crippen LogP contribution in [0.2, 0.25) is 0 Å². The Kier molecular flexibility index (Phi) is 7.02. The van der Waals surface area contributed by atoms with Crippen molar-refractivity contribution in [2.75, 3.05) is 4.90 Å². The summed E-state index contributed by atoms with van der Waals surface area (Å²) in [5.74, 6) is 0. The first-order chi connectivity index (χ1) is 32.3. The number of nitrogens with zero attached hydrogens (tertiary/aromatic N) is 2. The predicted octanol–water partition coefficient (Wildman–Crippen LogP) is 9.45. The first-order valence-electron chi connectivity index (χ1n) is 22.9. The Hall–Kier alpha value is -7.92. The summed E-state index contributed by atoms with van der Waals surface area (Å²) in [6, 6.07) is 90.7. The average Bonchev–Trinajstić information content (AvgIpc) is 3.87. The van der Waals surface area contributed by atoms with Crippen LogP contribution >= 0.6 is 0 Å². The Labute approximate surface area is 379 Å². The first kappa shape index (κ1) is 35.5. The van der Waals surface area contributed by atoms with Crippen LogP contribution in [0.15, 0.2) is 237 Å². The average molecular weight is 839 g/mol. The van der Waals surface area contributed by atoms with E-state index in [9.17, 15) is 0 Å². The lowest BCUT2D eigenvalue weighted by Gasteiger charge is -2.55. The molecule has 0 saturated carbocycles. The standard InChI is InChI=1S/C61H39BN2Si/c1-4-20-40(21-5-1)62-52-33-19-37-57-60(52)64-58-51(38-41(39-53(58)62)63-54-34-16-12-28-46(54)47-29-13-17-35-55(47)63)61(48-30-14-10-26-44(48)45-27-11-15-31-49(45)61)50-32-18-36-56(59(50)64)65(57,42-22-6-2-7-23-42)43-24-8-3-9-25-43/h1-39H. The van der Waals surface area contributed by atoms with E-state index >= 15 is 0 Å². The summed E-state index contributed by atoms with van der Waals surface area (Å²) in [6.07, 6.45) is 0. The van der Waals surface area contributed by atoms with E-state index in [1.165, 1.54) is 115 Å². The Morgan fingerprint density at radius 3 is 1.51 bits per heavy atom. The highest BCUT2D eigenvalue weighted by Crippen LogP contribution is 2.64. The molecular weight excluding hydrogens is 800 g/mol. The van der Waals surface area contributed by atoms with Gasteiger partial charge in [-0.2, -0.15) is 0 Å². The van der Waals surface area contributed by atoms with Gasteiger partial charge in [-0.25, -0.2) is 0 Å². The number of fused-ring (bicyclic) bond motifs is 10. The fourth-order valence-corrected chi connectivity index (χ4v) is 18.4. The number of anilines is 3. The molecule has 0 bridgehead atoms. The zero-order chi connectivity index (χ0) is 42.4. The van der Waals surface area contributed by atoms with Crippen molar-refractivity contribution >= 4 is 90.8 Å². The van der Waals surface area contributed by atoms with Crippen LogP contribution in [0, 0.1) is 0 Å². The highest BCUT2D eigenvalue weighted by molar-refractivity contribution is 7.22. The molecular formula is C61H39BN2Si. The van der Waals surface area contributed by atoms with Crippen LogP contribution in [0.3, 0.4) is 0 Å². The van der Waals surface area contributed by atoms with Gasteiger partial charge >= 0.3 is 0 Å². The lowest BCUT2D eigenvalue weighted by atomic mass is 9.34. The molecule has 0 atom stereocenters. The minimum atomic E-state index is -3.00. The molecule has 0 amide bonds. The van der Waals surface area contributed by atoms with Crippen LogP contribution in [0.1, 0.15) is 22.3 Å². The molecule has 0 radical (unpaired) electrons. The van der Waals surface area contributed by atoms with Gasteiger partial charge in [0, 0.05) is 27.8 Å². The van der Waals surface area contributed by atoms with Gasteiger partial charge in [0.05, 0.1) is 22.1 Å². The van der Waals surface area contributed by atoms with Crippen molar-refractivity contribution in [3.63, 3.8) is 0 Å². The van der Waals surface area contributed by atoms with Crippen molar-refractivity contribution in [1.82, 2.24) is 4.57 Å². The van der Waals surface area contributed by atoms with E-state index in [1.54, 1.807) is 0 Å². The van der Waals surface area contributed by atoms with Crippen molar-refractivity contribution < 1.29 is 0 Å². The number of benzene rings is 10. The Morgan fingerprint density at radius 1 is 0.369 bits per heavy atom.